The van der Waals surface area contributed by atoms with E-state index >= 15 is 0 Å². The minimum absolute atomic E-state index is 0.223. The van der Waals surface area contributed by atoms with Gasteiger partial charge in [-0.25, -0.2) is 0 Å². The van der Waals surface area contributed by atoms with Crippen LogP contribution in [0.3, 0.4) is 0 Å². The predicted octanol–water partition coefficient (Wildman–Crippen LogP) is 5.71. The van der Waals surface area contributed by atoms with Crippen molar-refractivity contribution in [1.29, 1.82) is 0 Å². The minimum Gasteiger partial charge on any atom is -0.406 e. The number of alkyl halides is 3. The van der Waals surface area contributed by atoms with Crippen LogP contribution in [0.5, 0.6) is 5.75 Å². The van der Waals surface area contributed by atoms with Crippen molar-refractivity contribution < 1.29 is 17.9 Å². The fourth-order valence-corrected chi connectivity index (χ4v) is 3.88. The lowest BCUT2D eigenvalue weighted by molar-refractivity contribution is -0.274. The minimum atomic E-state index is -4.69. The van der Waals surface area contributed by atoms with Gasteiger partial charge in [0.2, 0.25) is 0 Å². The van der Waals surface area contributed by atoms with E-state index in [4.69, 9.17) is 0 Å². The SMILES string of the molecule is C=C(c1cc(C)n(C)n1)N1CCCc2ccc(-c3ccc(OC(F)(F)F)cc3)cc2C1. The molecule has 0 radical (unpaired) electrons. The summed E-state index contributed by atoms with van der Waals surface area (Å²) in [6, 6.07) is 14.3. The number of halogens is 3. The molecule has 1 aliphatic heterocycles. The van der Waals surface area contributed by atoms with Gasteiger partial charge < -0.3 is 9.64 Å². The Morgan fingerprint density at radius 3 is 2.39 bits per heavy atom. The van der Waals surface area contributed by atoms with Crippen LogP contribution in [-0.4, -0.2) is 27.6 Å². The van der Waals surface area contributed by atoms with Gasteiger partial charge in [-0.3, -0.25) is 4.68 Å². The molecule has 7 heteroatoms. The molecule has 0 amide bonds. The first-order valence-corrected chi connectivity index (χ1v) is 10.1. The molecule has 0 saturated carbocycles. The van der Waals surface area contributed by atoms with Gasteiger partial charge >= 0.3 is 6.36 Å². The van der Waals surface area contributed by atoms with E-state index in [1.165, 1.54) is 23.3 Å². The van der Waals surface area contributed by atoms with E-state index < -0.39 is 6.36 Å². The second-order valence-electron chi connectivity index (χ2n) is 7.82. The summed E-state index contributed by atoms with van der Waals surface area (Å²) in [5.74, 6) is -0.223. The van der Waals surface area contributed by atoms with Gasteiger partial charge in [-0.05, 0) is 66.3 Å². The Morgan fingerprint density at radius 2 is 1.74 bits per heavy atom. The van der Waals surface area contributed by atoms with Crippen molar-refractivity contribution in [2.24, 2.45) is 7.05 Å². The molecule has 0 spiro atoms. The molecule has 0 bridgehead atoms. The van der Waals surface area contributed by atoms with Crippen molar-refractivity contribution in [1.82, 2.24) is 14.7 Å². The molecular weight excluding hydrogens is 403 g/mol. The summed E-state index contributed by atoms with van der Waals surface area (Å²) in [7, 11) is 1.92. The van der Waals surface area contributed by atoms with Crippen LogP contribution < -0.4 is 4.74 Å². The van der Waals surface area contributed by atoms with Gasteiger partial charge in [0.25, 0.3) is 0 Å². The van der Waals surface area contributed by atoms with Gasteiger partial charge in [-0.2, -0.15) is 5.10 Å². The maximum Gasteiger partial charge on any atom is 0.573 e. The summed E-state index contributed by atoms with van der Waals surface area (Å²) < 4.78 is 43.0. The molecule has 0 fully saturated rings. The number of benzene rings is 2. The average Bonchev–Trinajstić information content (AvgIpc) is 2.93. The maximum atomic E-state index is 12.4. The summed E-state index contributed by atoms with van der Waals surface area (Å²) in [5, 5.41) is 4.55. The highest BCUT2D eigenvalue weighted by molar-refractivity contribution is 5.66. The first kappa shape index (κ1) is 21.0. The number of aromatic nitrogens is 2. The van der Waals surface area contributed by atoms with E-state index in [0.717, 1.165) is 47.6 Å². The molecule has 2 aromatic carbocycles. The van der Waals surface area contributed by atoms with Gasteiger partial charge in [-0.1, -0.05) is 30.8 Å². The third-order valence-corrected chi connectivity index (χ3v) is 5.65. The summed E-state index contributed by atoms with van der Waals surface area (Å²) >= 11 is 0. The molecule has 0 atom stereocenters. The molecule has 31 heavy (non-hydrogen) atoms. The van der Waals surface area contributed by atoms with E-state index in [-0.39, 0.29) is 5.75 Å². The van der Waals surface area contributed by atoms with E-state index in [1.807, 2.05) is 30.8 Å². The van der Waals surface area contributed by atoms with Crippen LogP contribution in [0.15, 0.2) is 55.1 Å². The number of fused-ring (bicyclic) bond motifs is 1. The number of ether oxygens (including phenoxy) is 1. The molecule has 162 valence electrons. The van der Waals surface area contributed by atoms with Crippen LogP contribution in [0.25, 0.3) is 16.8 Å². The monoisotopic (exact) mass is 427 g/mol. The van der Waals surface area contributed by atoms with E-state index in [9.17, 15) is 13.2 Å². The molecule has 1 aliphatic rings. The molecule has 2 heterocycles. The van der Waals surface area contributed by atoms with Crippen molar-refractivity contribution in [3.05, 3.63) is 77.6 Å². The average molecular weight is 427 g/mol. The lowest BCUT2D eigenvalue weighted by Gasteiger charge is -2.24. The zero-order valence-electron chi connectivity index (χ0n) is 17.5. The lowest BCUT2D eigenvalue weighted by Crippen LogP contribution is -2.21. The first-order valence-electron chi connectivity index (χ1n) is 10.1. The van der Waals surface area contributed by atoms with Crippen LogP contribution in [-0.2, 0) is 20.0 Å². The van der Waals surface area contributed by atoms with Crippen LogP contribution in [0.1, 0.15) is 28.9 Å². The van der Waals surface area contributed by atoms with Crippen LogP contribution in [0.2, 0.25) is 0 Å². The van der Waals surface area contributed by atoms with E-state index in [2.05, 4.69) is 33.4 Å². The normalized spacial score (nSPS) is 14.2. The van der Waals surface area contributed by atoms with Gasteiger partial charge in [-0.15, -0.1) is 13.2 Å². The predicted molar refractivity (Wildman–Crippen MR) is 114 cm³/mol. The second-order valence-corrected chi connectivity index (χ2v) is 7.82. The molecule has 3 aromatic rings. The standard InChI is InChI=1S/C24H24F3N3O/c1-16-13-23(28-29(16)3)17(2)30-12-4-5-18-6-7-20(14-21(18)15-30)19-8-10-22(11-9-19)31-24(25,26)27/h6-11,13-14H,2,4-5,12,15H2,1,3H3. The van der Waals surface area contributed by atoms with Gasteiger partial charge in [0.1, 0.15) is 11.4 Å². The van der Waals surface area contributed by atoms with Crippen LogP contribution in [0, 0.1) is 6.92 Å². The molecule has 4 nitrogen and oxygen atoms in total. The lowest BCUT2D eigenvalue weighted by atomic mass is 9.97. The van der Waals surface area contributed by atoms with Crippen LogP contribution >= 0.6 is 0 Å². The smallest absolute Gasteiger partial charge is 0.406 e. The summed E-state index contributed by atoms with van der Waals surface area (Å²) in [6.07, 6.45) is -2.71. The largest absolute Gasteiger partial charge is 0.573 e. The van der Waals surface area contributed by atoms with Crippen molar-refractivity contribution in [2.75, 3.05) is 6.54 Å². The zero-order chi connectivity index (χ0) is 22.2. The molecule has 4 rings (SSSR count). The Hall–Kier alpha value is -3.22. The number of hydrogen-bond donors (Lipinski definition) is 0. The molecule has 0 unspecified atom stereocenters. The summed E-state index contributed by atoms with van der Waals surface area (Å²) in [6.45, 7) is 7.90. The van der Waals surface area contributed by atoms with Gasteiger partial charge in [0, 0.05) is 25.8 Å². The molecule has 0 N–H and O–H groups in total. The maximum absolute atomic E-state index is 12.4. The molecule has 0 aliphatic carbocycles. The van der Waals surface area contributed by atoms with Crippen molar-refractivity contribution in [2.45, 2.75) is 32.7 Å². The van der Waals surface area contributed by atoms with E-state index in [0.29, 0.717) is 6.54 Å². The highest BCUT2D eigenvalue weighted by Gasteiger charge is 2.31. The Bertz CT molecular complexity index is 1080. The number of nitrogens with zero attached hydrogens (tertiary/aromatic N) is 3. The van der Waals surface area contributed by atoms with Crippen LogP contribution in [0.4, 0.5) is 13.2 Å². The fraction of sp³-hybridized carbons (Fsp3) is 0.292. The topological polar surface area (TPSA) is 30.3 Å². The summed E-state index contributed by atoms with van der Waals surface area (Å²) in [4.78, 5) is 2.25. The Kier molecular flexibility index (Phi) is 5.52. The molecular formula is C24H24F3N3O. The Balaban J connectivity index is 1.57. The Morgan fingerprint density at radius 1 is 1.03 bits per heavy atom. The highest BCUT2D eigenvalue weighted by atomic mass is 19.4. The highest BCUT2D eigenvalue weighted by Crippen LogP contribution is 2.31. The second kappa shape index (κ2) is 8.13. The van der Waals surface area contributed by atoms with E-state index in [1.54, 1.807) is 12.1 Å². The molecule has 0 saturated heterocycles. The Labute approximate surface area is 179 Å². The summed E-state index contributed by atoms with van der Waals surface area (Å²) in [5.41, 5.74) is 7.13. The quantitative estimate of drug-likeness (QED) is 0.534. The van der Waals surface area contributed by atoms with Crippen molar-refractivity contribution in [3.8, 4) is 16.9 Å². The van der Waals surface area contributed by atoms with Crippen molar-refractivity contribution in [3.63, 3.8) is 0 Å². The fourth-order valence-electron chi connectivity index (χ4n) is 3.88. The number of rotatable bonds is 4. The number of aryl methyl sites for hydroxylation is 3. The molecule has 1 aromatic heterocycles. The number of hydrogen-bond acceptors (Lipinski definition) is 3. The third-order valence-electron chi connectivity index (χ3n) is 5.65. The van der Waals surface area contributed by atoms with Crippen molar-refractivity contribution >= 4 is 5.70 Å². The first-order chi connectivity index (χ1) is 14.7. The van der Waals surface area contributed by atoms with Gasteiger partial charge in [0.15, 0.2) is 0 Å². The van der Waals surface area contributed by atoms with Gasteiger partial charge in [0.05, 0.1) is 5.70 Å². The zero-order valence-corrected chi connectivity index (χ0v) is 17.5. The third kappa shape index (κ3) is 4.76.